The zero-order valence-corrected chi connectivity index (χ0v) is 13.2. The number of rotatable bonds is 6. The summed E-state index contributed by atoms with van der Waals surface area (Å²) in [5, 5.41) is 27.5. The predicted molar refractivity (Wildman–Crippen MR) is 77.6 cm³/mol. The van der Waals surface area contributed by atoms with Crippen LogP contribution in [0.15, 0.2) is 21.5 Å². The fourth-order valence-electron chi connectivity index (χ4n) is 1.54. The minimum atomic E-state index is -4.05. The molecule has 0 fully saturated rings. The Hall–Kier alpha value is -0.710. The number of hydrogen-bond acceptors (Lipinski definition) is 6. The summed E-state index contributed by atoms with van der Waals surface area (Å²) in [4.78, 5) is -0.0853. The van der Waals surface area contributed by atoms with Gasteiger partial charge in [0.15, 0.2) is 0 Å². The van der Waals surface area contributed by atoms with Crippen molar-refractivity contribution >= 4 is 31.6 Å². The van der Waals surface area contributed by atoms with Crippen LogP contribution in [0.4, 0.5) is 5.69 Å². The number of anilines is 1. The lowest BCUT2D eigenvalue weighted by atomic mass is 10.1. The van der Waals surface area contributed by atoms with Gasteiger partial charge in [0.2, 0.25) is 10.0 Å². The number of nitrogens with two attached hydrogens (primary N) is 1. The summed E-state index contributed by atoms with van der Waals surface area (Å²) in [6, 6.07) is 2.81. The molecular formula is C11H17BrN2O5S. The van der Waals surface area contributed by atoms with Crippen molar-refractivity contribution in [2.24, 2.45) is 0 Å². The summed E-state index contributed by atoms with van der Waals surface area (Å²) in [5.41, 5.74) is 4.60. The molecule has 9 heteroatoms. The van der Waals surface area contributed by atoms with Crippen LogP contribution in [0.5, 0.6) is 0 Å². The second kappa shape index (κ2) is 6.37. The molecule has 0 heterocycles. The van der Waals surface area contributed by atoms with Crippen molar-refractivity contribution in [3.05, 3.63) is 22.2 Å². The van der Waals surface area contributed by atoms with Crippen LogP contribution in [0, 0.1) is 6.92 Å². The fourth-order valence-corrected chi connectivity index (χ4v) is 3.64. The third kappa shape index (κ3) is 3.48. The van der Waals surface area contributed by atoms with E-state index in [1.807, 2.05) is 0 Å². The zero-order chi connectivity index (χ0) is 15.6. The maximum Gasteiger partial charge on any atom is 0.241 e. The maximum absolute atomic E-state index is 12.3. The molecule has 7 nitrogen and oxygen atoms in total. The highest BCUT2D eigenvalue weighted by Gasteiger charge is 2.34. The topological polar surface area (TPSA) is 133 Å². The lowest BCUT2D eigenvalue weighted by Crippen LogP contribution is -2.56. The monoisotopic (exact) mass is 368 g/mol. The van der Waals surface area contributed by atoms with Crippen LogP contribution in [-0.4, -0.2) is 49.1 Å². The van der Waals surface area contributed by atoms with Gasteiger partial charge >= 0.3 is 0 Å². The average Bonchev–Trinajstić information content (AvgIpc) is 2.40. The van der Waals surface area contributed by atoms with E-state index in [1.165, 1.54) is 6.07 Å². The molecule has 0 unspecified atom stereocenters. The highest BCUT2D eigenvalue weighted by atomic mass is 79.9. The number of nitrogen functional groups attached to an aromatic ring is 1. The van der Waals surface area contributed by atoms with Gasteiger partial charge in [-0.15, -0.1) is 0 Å². The van der Waals surface area contributed by atoms with Crippen molar-refractivity contribution in [3.8, 4) is 0 Å². The minimum Gasteiger partial charge on any atom is -0.398 e. The molecule has 0 aliphatic rings. The van der Waals surface area contributed by atoms with E-state index in [0.29, 0.717) is 10.0 Å². The summed E-state index contributed by atoms with van der Waals surface area (Å²) in [6.45, 7) is -0.657. The van der Waals surface area contributed by atoms with Crippen LogP contribution in [0.25, 0.3) is 0 Å². The number of halogens is 1. The number of aliphatic hydroxyl groups is 3. The number of aliphatic hydroxyl groups excluding tert-OH is 3. The molecule has 0 bridgehead atoms. The summed E-state index contributed by atoms with van der Waals surface area (Å²) in [6.07, 6.45) is 0. The van der Waals surface area contributed by atoms with Crippen molar-refractivity contribution in [2.75, 3.05) is 25.6 Å². The Morgan fingerprint density at radius 1 is 1.25 bits per heavy atom. The summed E-state index contributed by atoms with van der Waals surface area (Å²) in [5.74, 6) is 0. The minimum absolute atomic E-state index is 0.0853. The molecule has 0 aromatic heterocycles. The Morgan fingerprint density at radius 3 is 2.20 bits per heavy atom. The smallest absolute Gasteiger partial charge is 0.241 e. The summed E-state index contributed by atoms with van der Waals surface area (Å²) < 4.78 is 27.3. The van der Waals surface area contributed by atoms with Crippen molar-refractivity contribution < 1.29 is 23.7 Å². The molecule has 0 saturated heterocycles. The lowest BCUT2D eigenvalue weighted by molar-refractivity contribution is 0.0582. The van der Waals surface area contributed by atoms with Gasteiger partial charge in [0, 0.05) is 10.2 Å². The van der Waals surface area contributed by atoms with Gasteiger partial charge in [0.05, 0.1) is 24.7 Å². The molecule has 0 atom stereocenters. The van der Waals surface area contributed by atoms with Crippen molar-refractivity contribution in [2.45, 2.75) is 17.4 Å². The molecule has 1 aromatic carbocycles. The average molecular weight is 369 g/mol. The van der Waals surface area contributed by atoms with Crippen LogP contribution in [0.1, 0.15) is 5.56 Å². The van der Waals surface area contributed by atoms with E-state index >= 15 is 0 Å². The van der Waals surface area contributed by atoms with Gasteiger partial charge in [0.1, 0.15) is 5.54 Å². The second-order valence-electron chi connectivity index (χ2n) is 4.50. The van der Waals surface area contributed by atoms with E-state index in [2.05, 4.69) is 20.7 Å². The van der Waals surface area contributed by atoms with E-state index < -0.39 is 35.4 Å². The SMILES string of the molecule is Cc1cc(Br)c(N)cc1S(=O)(=O)NC(CO)(CO)CO. The van der Waals surface area contributed by atoms with Gasteiger partial charge in [-0.3, -0.25) is 0 Å². The van der Waals surface area contributed by atoms with Gasteiger partial charge in [-0.05, 0) is 40.5 Å². The Balaban J connectivity index is 3.28. The number of sulfonamides is 1. The first kappa shape index (κ1) is 17.3. The van der Waals surface area contributed by atoms with Gasteiger partial charge in [-0.2, -0.15) is 4.72 Å². The van der Waals surface area contributed by atoms with Crippen molar-refractivity contribution in [1.29, 1.82) is 0 Å². The zero-order valence-electron chi connectivity index (χ0n) is 10.8. The van der Waals surface area contributed by atoms with Gasteiger partial charge in [0.25, 0.3) is 0 Å². The Bertz CT molecular complexity index is 578. The maximum atomic E-state index is 12.3. The molecule has 6 N–H and O–H groups in total. The summed E-state index contributed by atoms with van der Waals surface area (Å²) >= 11 is 3.19. The first-order valence-corrected chi connectivity index (χ1v) is 7.91. The normalized spacial score (nSPS) is 12.7. The molecule has 1 rings (SSSR count). The Labute approximate surface area is 125 Å². The first-order chi connectivity index (χ1) is 9.21. The van der Waals surface area contributed by atoms with Crippen LogP contribution >= 0.6 is 15.9 Å². The molecule has 0 aliphatic heterocycles. The predicted octanol–water partition coefficient (Wildman–Crippen LogP) is -0.666. The summed E-state index contributed by atoms with van der Waals surface area (Å²) in [7, 11) is -4.05. The van der Waals surface area contributed by atoms with Crippen LogP contribution < -0.4 is 10.5 Å². The van der Waals surface area contributed by atoms with E-state index in [4.69, 9.17) is 5.73 Å². The number of aryl methyl sites for hydroxylation is 1. The third-order valence-corrected chi connectivity index (χ3v) is 5.25. The highest BCUT2D eigenvalue weighted by Crippen LogP contribution is 2.27. The third-order valence-electron chi connectivity index (χ3n) is 2.84. The second-order valence-corrected chi connectivity index (χ2v) is 7.00. The molecule has 0 spiro atoms. The first-order valence-electron chi connectivity index (χ1n) is 5.63. The molecule has 0 radical (unpaired) electrons. The number of nitrogens with one attached hydrogen (secondary N) is 1. The molecule has 20 heavy (non-hydrogen) atoms. The molecule has 0 saturated carbocycles. The van der Waals surface area contributed by atoms with Crippen LogP contribution in [-0.2, 0) is 10.0 Å². The van der Waals surface area contributed by atoms with E-state index in [0.717, 1.165) is 0 Å². The van der Waals surface area contributed by atoms with Crippen LogP contribution in [0.3, 0.4) is 0 Å². The molecule has 0 amide bonds. The van der Waals surface area contributed by atoms with Crippen molar-refractivity contribution in [3.63, 3.8) is 0 Å². The molecule has 114 valence electrons. The molecular weight excluding hydrogens is 352 g/mol. The standard InChI is InChI=1S/C11H17BrN2O5S/c1-7-2-8(12)9(13)3-10(7)20(18,19)14-11(4-15,5-16)6-17/h2-3,14-17H,4-6,13H2,1H3. The quantitative estimate of drug-likeness (QED) is 0.423. The van der Waals surface area contributed by atoms with Gasteiger partial charge in [-0.25, -0.2) is 8.42 Å². The Kier molecular flexibility index (Phi) is 5.53. The molecule has 1 aromatic rings. The van der Waals surface area contributed by atoms with E-state index in [-0.39, 0.29) is 10.6 Å². The van der Waals surface area contributed by atoms with Gasteiger partial charge < -0.3 is 21.1 Å². The van der Waals surface area contributed by atoms with Gasteiger partial charge in [-0.1, -0.05) is 0 Å². The van der Waals surface area contributed by atoms with Crippen molar-refractivity contribution in [1.82, 2.24) is 4.72 Å². The number of hydrogen-bond donors (Lipinski definition) is 5. The largest absolute Gasteiger partial charge is 0.398 e. The van der Waals surface area contributed by atoms with E-state index in [9.17, 15) is 23.7 Å². The number of benzene rings is 1. The van der Waals surface area contributed by atoms with E-state index in [1.54, 1.807) is 13.0 Å². The highest BCUT2D eigenvalue weighted by molar-refractivity contribution is 9.10. The molecule has 0 aliphatic carbocycles. The fraction of sp³-hybridized carbons (Fsp3) is 0.455. The van der Waals surface area contributed by atoms with Crippen LogP contribution in [0.2, 0.25) is 0 Å². The Morgan fingerprint density at radius 2 is 1.75 bits per heavy atom. The lowest BCUT2D eigenvalue weighted by Gasteiger charge is -2.28.